The lowest BCUT2D eigenvalue weighted by Crippen LogP contribution is -2.45. The second kappa shape index (κ2) is 9.45. The van der Waals surface area contributed by atoms with Crippen LogP contribution in [-0.2, 0) is 16.2 Å². The molecule has 2 aromatic rings. The second-order valence-electron chi connectivity index (χ2n) is 7.94. The SMILES string of the molecule is CC(C)NS(=O)(=O)c1ccc(C(=O)NC2CCN(c3ccc(C(F)(F)F)cn3)CC2)cc1. The Morgan fingerprint density at radius 2 is 1.72 bits per heavy atom. The van der Waals surface area contributed by atoms with E-state index in [1.165, 1.54) is 30.3 Å². The number of amides is 1. The molecule has 7 nitrogen and oxygen atoms in total. The number of benzene rings is 1. The van der Waals surface area contributed by atoms with Crippen molar-refractivity contribution < 1.29 is 26.4 Å². The average molecular weight is 471 g/mol. The van der Waals surface area contributed by atoms with Gasteiger partial charge in [0.25, 0.3) is 5.91 Å². The molecule has 1 aromatic heterocycles. The monoisotopic (exact) mass is 470 g/mol. The Balaban J connectivity index is 1.54. The molecule has 174 valence electrons. The number of carbonyl (C=O) groups excluding carboxylic acids is 1. The molecule has 1 aliphatic heterocycles. The number of pyridine rings is 1. The van der Waals surface area contributed by atoms with Crippen LogP contribution in [0, 0.1) is 0 Å². The van der Waals surface area contributed by atoms with E-state index in [1.54, 1.807) is 13.8 Å². The Hall–Kier alpha value is -2.66. The van der Waals surface area contributed by atoms with Gasteiger partial charge in [0.15, 0.2) is 0 Å². The minimum Gasteiger partial charge on any atom is -0.356 e. The Kier molecular flexibility index (Phi) is 7.09. The fraction of sp³-hybridized carbons (Fsp3) is 0.429. The van der Waals surface area contributed by atoms with E-state index < -0.39 is 21.8 Å². The van der Waals surface area contributed by atoms with Crippen molar-refractivity contribution in [2.24, 2.45) is 0 Å². The van der Waals surface area contributed by atoms with Gasteiger partial charge in [-0.2, -0.15) is 13.2 Å². The molecule has 0 radical (unpaired) electrons. The number of hydrogen-bond donors (Lipinski definition) is 2. The molecule has 0 unspecified atom stereocenters. The first-order chi connectivity index (χ1) is 15.0. The molecule has 11 heteroatoms. The summed E-state index contributed by atoms with van der Waals surface area (Å²) >= 11 is 0. The molecule has 32 heavy (non-hydrogen) atoms. The van der Waals surface area contributed by atoms with Crippen LogP contribution < -0.4 is 14.9 Å². The van der Waals surface area contributed by atoms with Crippen molar-refractivity contribution in [3.05, 3.63) is 53.7 Å². The van der Waals surface area contributed by atoms with Gasteiger partial charge in [-0.3, -0.25) is 4.79 Å². The van der Waals surface area contributed by atoms with Gasteiger partial charge in [0.2, 0.25) is 10.0 Å². The van der Waals surface area contributed by atoms with Crippen molar-refractivity contribution in [2.45, 2.75) is 49.8 Å². The van der Waals surface area contributed by atoms with E-state index in [0.29, 0.717) is 37.3 Å². The fourth-order valence-corrected chi connectivity index (χ4v) is 4.68. The lowest BCUT2D eigenvalue weighted by atomic mass is 10.0. The van der Waals surface area contributed by atoms with Crippen LogP contribution in [0.4, 0.5) is 19.0 Å². The molecule has 0 aliphatic carbocycles. The first-order valence-corrected chi connectivity index (χ1v) is 11.7. The number of alkyl halides is 3. The Bertz CT molecular complexity index is 1030. The molecular weight excluding hydrogens is 445 g/mol. The zero-order chi connectivity index (χ0) is 23.5. The van der Waals surface area contributed by atoms with E-state index in [1.807, 2.05) is 4.90 Å². The number of carbonyl (C=O) groups is 1. The fourth-order valence-electron chi connectivity index (χ4n) is 3.43. The van der Waals surface area contributed by atoms with Crippen LogP contribution in [0.5, 0.6) is 0 Å². The summed E-state index contributed by atoms with van der Waals surface area (Å²) in [5.74, 6) is 0.159. The molecule has 1 fully saturated rings. The van der Waals surface area contributed by atoms with Gasteiger partial charge in [-0.25, -0.2) is 18.1 Å². The highest BCUT2D eigenvalue weighted by Gasteiger charge is 2.31. The molecule has 1 saturated heterocycles. The van der Waals surface area contributed by atoms with Crippen LogP contribution >= 0.6 is 0 Å². The maximum Gasteiger partial charge on any atom is 0.417 e. The Morgan fingerprint density at radius 1 is 1.09 bits per heavy atom. The topological polar surface area (TPSA) is 91.4 Å². The van der Waals surface area contributed by atoms with Crippen LogP contribution in [0.3, 0.4) is 0 Å². The van der Waals surface area contributed by atoms with Crippen molar-refractivity contribution in [3.63, 3.8) is 0 Å². The van der Waals surface area contributed by atoms with Crippen LogP contribution in [-0.4, -0.2) is 44.5 Å². The molecular formula is C21H25F3N4O3S. The van der Waals surface area contributed by atoms with Crippen molar-refractivity contribution in [1.82, 2.24) is 15.0 Å². The van der Waals surface area contributed by atoms with Crippen LogP contribution in [0.2, 0.25) is 0 Å². The van der Waals surface area contributed by atoms with Crippen molar-refractivity contribution >= 4 is 21.7 Å². The number of hydrogen-bond acceptors (Lipinski definition) is 5. The number of anilines is 1. The normalized spacial score (nSPS) is 15.8. The smallest absolute Gasteiger partial charge is 0.356 e. The summed E-state index contributed by atoms with van der Waals surface area (Å²) in [7, 11) is -3.63. The van der Waals surface area contributed by atoms with Crippen molar-refractivity contribution in [3.8, 4) is 0 Å². The molecule has 0 bridgehead atoms. The van der Waals surface area contributed by atoms with Gasteiger partial charge >= 0.3 is 6.18 Å². The zero-order valence-corrected chi connectivity index (χ0v) is 18.5. The van der Waals surface area contributed by atoms with Gasteiger partial charge in [-0.1, -0.05) is 0 Å². The predicted octanol–water partition coefficient (Wildman–Crippen LogP) is 3.19. The number of nitrogens with one attached hydrogen (secondary N) is 2. The van der Waals surface area contributed by atoms with E-state index >= 15 is 0 Å². The van der Waals surface area contributed by atoms with Gasteiger partial charge in [0.05, 0.1) is 10.5 Å². The van der Waals surface area contributed by atoms with Gasteiger partial charge in [0, 0.05) is 36.9 Å². The Morgan fingerprint density at radius 3 is 2.22 bits per heavy atom. The lowest BCUT2D eigenvalue weighted by Gasteiger charge is -2.33. The standard InChI is InChI=1S/C21H25F3N4O3S/c1-14(2)27-32(30,31)18-6-3-15(4-7-18)20(29)26-17-9-11-28(12-10-17)19-8-5-16(13-25-19)21(22,23)24/h3-8,13-14,17,27H,9-12H2,1-2H3,(H,26,29). The van der Waals surface area contributed by atoms with Crippen molar-refractivity contribution in [2.75, 3.05) is 18.0 Å². The highest BCUT2D eigenvalue weighted by molar-refractivity contribution is 7.89. The summed E-state index contributed by atoms with van der Waals surface area (Å²) in [5, 5.41) is 2.93. The maximum atomic E-state index is 12.7. The van der Waals surface area contributed by atoms with E-state index in [-0.39, 0.29) is 22.9 Å². The van der Waals surface area contributed by atoms with Gasteiger partial charge in [-0.05, 0) is 63.1 Å². The molecule has 1 aliphatic rings. The number of halogens is 3. The third-order valence-corrected chi connectivity index (χ3v) is 6.72. The lowest BCUT2D eigenvalue weighted by molar-refractivity contribution is -0.137. The Labute approximate surface area is 185 Å². The zero-order valence-electron chi connectivity index (χ0n) is 17.7. The summed E-state index contributed by atoms with van der Waals surface area (Å²) < 4.78 is 64.9. The molecule has 1 amide bonds. The quantitative estimate of drug-likeness (QED) is 0.677. The van der Waals surface area contributed by atoms with Gasteiger partial charge < -0.3 is 10.2 Å². The third-order valence-electron chi connectivity index (χ3n) is 5.05. The van der Waals surface area contributed by atoms with E-state index in [2.05, 4.69) is 15.0 Å². The molecule has 2 N–H and O–H groups in total. The summed E-state index contributed by atoms with van der Waals surface area (Å²) in [6, 6.07) is 7.72. The van der Waals surface area contributed by atoms with Crippen LogP contribution in [0.25, 0.3) is 0 Å². The summed E-state index contributed by atoms with van der Waals surface area (Å²) in [6.45, 7) is 4.53. The number of sulfonamides is 1. The van der Waals surface area contributed by atoms with Crippen LogP contribution in [0.1, 0.15) is 42.6 Å². The van der Waals surface area contributed by atoms with Crippen LogP contribution in [0.15, 0.2) is 47.5 Å². The predicted molar refractivity (Wildman–Crippen MR) is 114 cm³/mol. The highest BCUT2D eigenvalue weighted by atomic mass is 32.2. The summed E-state index contributed by atoms with van der Waals surface area (Å²) in [5.41, 5.74) is -0.442. The first-order valence-electron chi connectivity index (χ1n) is 10.2. The number of piperidine rings is 1. The molecule has 3 rings (SSSR count). The summed E-state index contributed by atoms with van der Waals surface area (Å²) in [4.78, 5) is 18.4. The first kappa shape index (κ1) is 24.0. The number of aromatic nitrogens is 1. The minimum atomic E-state index is -4.42. The molecule has 0 saturated carbocycles. The van der Waals surface area contributed by atoms with Gasteiger partial charge in [0.1, 0.15) is 5.82 Å². The minimum absolute atomic E-state index is 0.0834. The van der Waals surface area contributed by atoms with Gasteiger partial charge in [-0.15, -0.1) is 0 Å². The maximum absolute atomic E-state index is 12.7. The summed E-state index contributed by atoms with van der Waals surface area (Å²) in [6.07, 6.45) is -2.38. The largest absolute Gasteiger partial charge is 0.417 e. The average Bonchev–Trinajstić information content (AvgIpc) is 2.73. The third kappa shape index (κ3) is 5.98. The van der Waals surface area contributed by atoms with E-state index in [4.69, 9.17) is 0 Å². The molecule has 0 atom stereocenters. The molecule has 1 aromatic carbocycles. The van der Waals surface area contributed by atoms with E-state index in [0.717, 1.165) is 12.3 Å². The van der Waals surface area contributed by atoms with Crippen molar-refractivity contribution in [1.29, 1.82) is 0 Å². The molecule has 2 heterocycles. The number of nitrogens with zero attached hydrogens (tertiary/aromatic N) is 2. The van der Waals surface area contributed by atoms with E-state index in [9.17, 15) is 26.4 Å². The number of rotatable bonds is 6. The highest BCUT2D eigenvalue weighted by Crippen LogP contribution is 2.29. The second-order valence-corrected chi connectivity index (χ2v) is 9.65. The molecule has 0 spiro atoms.